The molecule has 0 atom stereocenters. The molecule has 0 aliphatic heterocycles. The quantitative estimate of drug-likeness (QED) is 0.118. The van der Waals surface area contributed by atoms with Crippen LogP contribution in [0, 0.1) is 23.7 Å². The van der Waals surface area contributed by atoms with Crippen LogP contribution in [0.2, 0.25) is 0 Å². The summed E-state index contributed by atoms with van der Waals surface area (Å²) in [6.07, 6.45) is 9.32. The molecule has 4 heteroatoms. The zero-order valence-corrected chi connectivity index (χ0v) is 27.2. The molecule has 0 amide bonds. The smallest absolute Gasteiger partial charge is 0.198 e. The van der Waals surface area contributed by atoms with Crippen molar-refractivity contribution in [3.63, 3.8) is 0 Å². The molecule has 4 nitrogen and oxygen atoms in total. The Kier molecular flexibility index (Phi) is 10.7. The van der Waals surface area contributed by atoms with Crippen molar-refractivity contribution >= 4 is 11.6 Å². The molecule has 4 aromatic carbocycles. The van der Waals surface area contributed by atoms with E-state index in [1.165, 1.54) is 63.9 Å². The molecule has 0 spiro atoms. The summed E-state index contributed by atoms with van der Waals surface area (Å²) in [6.45, 7) is 4.41. The zero-order chi connectivity index (χ0) is 32.5. The molecular formula is C42H40O4. The van der Waals surface area contributed by atoms with E-state index < -0.39 is 0 Å². The lowest BCUT2D eigenvalue weighted by Gasteiger charge is -2.22. The Bertz CT molecular complexity index is 1720. The van der Waals surface area contributed by atoms with Gasteiger partial charge in [-0.15, -0.1) is 0 Å². The molecule has 0 N–H and O–H groups in total. The minimum absolute atomic E-state index is 0.220. The summed E-state index contributed by atoms with van der Waals surface area (Å²) in [4.78, 5) is 27.8. The number of carbonyl (C=O) groups excluding carboxylic acids is 2. The van der Waals surface area contributed by atoms with Crippen LogP contribution < -0.4 is 9.47 Å². The van der Waals surface area contributed by atoms with Gasteiger partial charge >= 0.3 is 0 Å². The van der Waals surface area contributed by atoms with Crippen molar-refractivity contribution in [3.05, 3.63) is 128 Å². The number of hydrogen-bond donors (Lipinski definition) is 0. The summed E-state index contributed by atoms with van der Waals surface area (Å²) < 4.78 is 11.4. The fourth-order valence-electron chi connectivity index (χ4n) is 5.83. The number of unbranched alkanes of at least 4 members (excludes halogenated alkanes) is 4. The average Bonchev–Trinajstić information content (AvgIpc) is 3.09. The lowest BCUT2D eigenvalue weighted by molar-refractivity contribution is 0.0974. The predicted molar refractivity (Wildman–Crippen MR) is 184 cm³/mol. The Hall–Kier alpha value is -5.06. The maximum Gasteiger partial charge on any atom is 0.198 e. The summed E-state index contributed by atoms with van der Waals surface area (Å²) in [5.74, 6) is 12.7. The number of methoxy groups -OCH3 is 2. The first-order chi connectivity index (χ1) is 22.5. The highest BCUT2D eigenvalue weighted by Crippen LogP contribution is 2.39. The first-order valence-electron chi connectivity index (χ1n) is 16.2. The first kappa shape index (κ1) is 32.3. The van der Waals surface area contributed by atoms with E-state index in [0.29, 0.717) is 22.6 Å². The van der Waals surface area contributed by atoms with Gasteiger partial charge in [0, 0.05) is 22.3 Å². The van der Waals surface area contributed by atoms with Gasteiger partial charge in [0.2, 0.25) is 0 Å². The minimum atomic E-state index is -0.307. The van der Waals surface area contributed by atoms with Crippen LogP contribution in [0.5, 0.6) is 11.5 Å². The molecule has 0 aromatic heterocycles. The van der Waals surface area contributed by atoms with Crippen LogP contribution in [0.4, 0.5) is 0 Å². The number of ketones is 2. The molecular weight excluding hydrogens is 568 g/mol. The highest BCUT2D eigenvalue weighted by molar-refractivity contribution is 6.30. The molecule has 0 radical (unpaired) electrons. The molecule has 5 rings (SSSR count). The largest absolute Gasteiger partial charge is 0.495 e. The van der Waals surface area contributed by atoms with Gasteiger partial charge in [0.15, 0.2) is 11.6 Å². The number of fused-ring (bicyclic) bond motifs is 2. The molecule has 0 saturated carbocycles. The summed E-state index contributed by atoms with van der Waals surface area (Å²) in [7, 11) is 2.99. The van der Waals surface area contributed by atoms with Crippen LogP contribution >= 0.6 is 0 Å². The van der Waals surface area contributed by atoms with Crippen molar-refractivity contribution < 1.29 is 19.1 Å². The Morgan fingerprint density at radius 3 is 1.24 bits per heavy atom. The maximum atomic E-state index is 13.9. The van der Waals surface area contributed by atoms with Gasteiger partial charge in [-0.1, -0.05) is 87.5 Å². The van der Waals surface area contributed by atoms with E-state index in [9.17, 15) is 9.59 Å². The number of rotatable bonds is 10. The zero-order valence-electron chi connectivity index (χ0n) is 27.2. The monoisotopic (exact) mass is 608 g/mol. The number of ether oxygens (including phenoxy) is 2. The fourth-order valence-corrected chi connectivity index (χ4v) is 5.83. The average molecular weight is 609 g/mol. The van der Waals surface area contributed by atoms with E-state index in [2.05, 4.69) is 61.8 Å². The molecule has 0 saturated heterocycles. The van der Waals surface area contributed by atoms with Crippen LogP contribution in [0.15, 0.2) is 72.8 Å². The Balaban J connectivity index is 1.43. The SMILES string of the molecule is CCCCCc1ccc(C#Cc2ccc3c(c2OC)C(=O)c2ccc(C#Cc4ccc(CCCCC)cc4)c(OC)c2C3=O)cc1. The van der Waals surface area contributed by atoms with Gasteiger partial charge in [0.05, 0.1) is 36.5 Å². The van der Waals surface area contributed by atoms with E-state index >= 15 is 0 Å². The Morgan fingerprint density at radius 1 is 0.500 bits per heavy atom. The summed E-state index contributed by atoms with van der Waals surface area (Å²) >= 11 is 0. The van der Waals surface area contributed by atoms with Gasteiger partial charge in [0.1, 0.15) is 11.5 Å². The lowest BCUT2D eigenvalue weighted by atomic mass is 9.81. The topological polar surface area (TPSA) is 52.6 Å². The predicted octanol–water partition coefficient (Wildman–Crippen LogP) is 8.74. The van der Waals surface area contributed by atoms with E-state index in [-0.39, 0.29) is 33.8 Å². The summed E-state index contributed by atoms with van der Waals surface area (Å²) in [5, 5.41) is 0. The molecule has 232 valence electrons. The molecule has 0 bridgehead atoms. The van der Waals surface area contributed by atoms with Crippen molar-refractivity contribution in [2.45, 2.75) is 65.2 Å². The fraction of sp³-hybridized carbons (Fsp3) is 0.286. The van der Waals surface area contributed by atoms with Gasteiger partial charge in [-0.25, -0.2) is 0 Å². The Labute approximate surface area is 273 Å². The van der Waals surface area contributed by atoms with Crippen LogP contribution in [-0.4, -0.2) is 25.8 Å². The van der Waals surface area contributed by atoms with Gasteiger partial charge < -0.3 is 9.47 Å². The molecule has 1 aliphatic carbocycles. The van der Waals surface area contributed by atoms with Gasteiger partial charge in [-0.3, -0.25) is 9.59 Å². The number of hydrogen-bond acceptors (Lipinski definition) is 4. The third-order valence-electron chi connectivity index (χ3n) is 8.40. The minimum Gasteiger partial charge on any atom is -0.495 e. The van der Waals surface area contributed by atoms with Crippen molar-refractivity contribution in [3.8, 4) is 35.2 Å². The number of carbonyl (C=O) groups is 2. The standard InChI is InChI=1S/C42H40O4/c1-5-7-9-11-29-13-17-31(18-14-29)21-23-33-25-27-35-37(41(33)45-3)39(43)36-28-26-34(42(46-4)38(36)40(35)44)24-22-32-19-15-30(16-20-32)12-10-8-6-2/h13-20,25-28H,5-12H2,1-4H3. The highest BCUT2D eigenvalue weighted by atomic mass is 16.5. The normalized spacial score (nSPS) is 11.5. The van der Waals surface area contributed by atoms with E-state index in [4.69, 9.17) is 9.47 Å². The first-order valence-corrected chi connectivity index (χ1v) is 16.2. The molecule has 0 fully saturated rings. The van der Waals surface area contributed by atoms with Gasteiger partial charge in [-0.2, -0.15) is 0 Å². The van der Waals surface area contributed by atoms with Crippen molar-refractivity contribution in [2.75, 3.05) is 14.2 Å². The van der Waals surface area contributed by atoms with Crippen LogP contribution in [-0.2, 0) is 12.8 Å². The van der Waals surface area contributed by atoms with Crippen LogP contribution in [0.1, 0.15) is 118 Å². The summed E-state index contributed by atoms with van der Waals surface area (Å²) in [6, 6.07) is 23.3. The van der Waals surface area contributed by atoms with Gasteiger partial charge in [0.25, 0.3) is 0 Å². The molecule has 0 unspecified atom stereocenters. The lowest BCUT2D eigenvalue weighted by Crippen LogP contribution is -2.23. The third-order valence-corrected chi connectivity index (χ3v) is 8.40. The molecule has 1 aliphatic rings. The Morgan fingerprint density at radius 2 is 0.891 bits per heavy atom. The van der Waals surface area contributed by atoms with E-state index in [1.54, 1.807) is 24.3 Å². The van der Waals surface area contributed by atoms with Crippen LogP contribution in [0.25, 0.3) is 0 Å². The van der Waals surface area contributed by atoms with Crippen molar-refractivity contribution in [2.24, 2.45) is 0 Å². The maximum absolute atomic E-state index is 13.9. The van der Waals surface area contributed by atoms with E-state index in [1.807, 2.05) is 24.3 Å². The molecule has 46 heavy (non-hydrogen) atoms. The second-order valence-electron chi connectivity index (χ2n) is 11.6. The second kappa shape index (κ2) is 15.3. The van der Waals surface area contributed by atoms with Crippen LogP contribution in [0.3, 0.4) is 0 Å². The van der Waals surface area contributed by atoms with Crippen molar-refractivity contribution in [1.82, 2.24) is 0 Å². The van der Waals surface area contributed by atoms with Crippen molar-refractivity contribution in [1.29, 1.82) is 0 Å². The third kappa shape index (κ3) is 7.09. The van der Waals surface area contributed by atoms with E-state index in [0.717, 1.165) is 24.0 Å². The second-order valence-corrected chi connectivity index (χ2v) is 11.6. The van der Waals surface area contributed by atoms with Gasteiger partial charge in [-0.05, 0) is 85.3 Å². The number of benzene rings is 4. The number of aryl methyl sites for hydroxylation is 2. The summed E-state index contributed by atoms with van der Waals surface area (Å²) in [5.41, 5.74) is 6.38. The molecule has 0 heterocycles. The molecule has 4 aromatic rings. The highest BCUT2D eigenvalue weighted by Gasteiger charge is 2.36.